The van der Waals surface area contributed by atoms with E-state index in [2.05, 4.69) is 15.5 Å². The van der Waals surface area contributed by atoms with Gasteiger partial charge in [-0.05, 0) is 31.9 Å². The second kappa shape index (κ2) is 6.92. The summed E-state index contributed by atoms with van der Waals surface area (Å²) in [6.45, 7) is 4.42. The summed E-state index contributed by atoms with van der Waals surface area (Å²) in [5, 5.41) is 9.93. The van der Waals surface area contributed by atoms with E-state index in [1.165, 1.54) is 0 Å². The van der Waals surface area contributed by atoms with E-state index in [1.807, 2.05) is 38.1 Å². The van der Waals surface area contributed by atoms with Crippen molar-refractivity contribution >= 4 is 5.91 Å². The summed E-state index contributed by atoms with van der Waals surface area (Å²) < 4.78 is 5.29. The number of aryl methyl sites for hydroxylation is 2. The van der Waals surface area contributed by atoms with E-state index in [4.69, 9.17) is 4.74 Å². The molecular formula is C16H21N3O2. The number of hydrogen-bond donors (Lipinski definition) is 2. The molecule has 21 heavy (non-hydrogen) atoms. The predicted molar refractivity (Wildman–Crippen MR) is 81.5 cm³/mol. The van der Waals surface area contributed by atoms with Gasteiger partial charge in [0, 0.05) is 17.8 Å². The predicted octanol–water partition coefficient (Wildman–Crippen LogP) is 1.94. The highest BCUT2D eigenvalue weighted by Gasteiger charge is 2.11. The molecule has 0 saturated heterocycles. The lowest BCUT2D eigenvalue weighted by Crippen LogP contribution is -2.27. The number of aromatic nitrogens is 2. The SMILES string of the molecule is COc1ccccc1CCNC(=O)Cc1c(C)n[nH]c1C. The molecule has 2 N–H and O–H groups in total. The Kier molecular flexibility index (Phi) is 4.98. The van der Waals surface area contributed by atoms with Gasteiger partial charge in [0.25, 0.3) is 0 Å². The number of rotatable bonds is 6. The van der Waals surface area contributed by atoms with Crippen molar-refractivity contribution in [2.24, 2.45) is 0 Å². The number of carbonyl (C=O) groups is 1. The van der Waals surface area contributed by atoms with Crippen LogP contribution in [0.4, 0.5) is 0 Å². The van der Waals surface area contributed by atoms with Gasteiger partial charge in [0.2, 0.25) is 5.91 Å². The summed E-state index contributed by atoms with van der Waals surface area (Å²) in [6.07, 6.45) is 1.11. The van der Waals surface area contributed by atoms with Gasteiger partial charge in [-0.15, -0.1) is 0 Å². The van der Waals surface area contributed by atoms with Crippen LogP contribution in [-0.4, -0.2) is 29.8 Å². The van der Waals surface area contributed by atoms with Gasteiger partial charge in [-0.3, -0.25) is 9.89 Å². The van der Waals surface area contributed by atoms with Crippen molar-refractivity contribution in [2.45, 2.75) is 26.7 Å². The van der Waals surface area contributed by atoms with Crippen LogP contribution in [0.15, 0.2) is 24.3 Å². The first-order valence-corrected chi connectivity index (χ1v) is 7.01. The number of hydrogen-bond acceptors (Lipinski definition) is 3. The largest absolute Gasteiger partial charge is 0.496 e. The van der Waals surface area contributed by atoms with Gasteiger partial charge in [-0.2, -0.15) is 5.10 Å². The Bertz CT molecular complexity index is 600. The fourth-order valence-corrected chi connectivity index (χ4v) is 2.30. The van der Waals surface area contributed by atoms with Gasteiger partial charge in [-0.25, -0.2) is 0 Å². The highest BCUT2D eigenvalue weighted by molar-refractivity contribution is 5.79. The van der Waals surface area contributed by atoms with E-state index in [-0.39, 0.29) is 5.91 Å². The van der Waals surface area contributed by atoms with Gasteiger partial charge in [0.05, 0.1) is 19.2 Å². The minimum atomic E-state index is 0.0116. The number of nitrogens with zero attached hydrogens (tertiary/aromatic N) is 1. The summed E-state index contributed by atoms with van der Waals surface area (Å²) in [5.74, 6) is 0.866. The molecule has 1 amide bonds. The lowest BCUT2D eigenvalue weighted by molar-refractivity contribution is -0.120. The number of benzene rings is 1. The van der Waals surface area contributed by atoms with Crippen molar-refractivity contribution in [1.29, 1.82) is 0 Å². The Labute approximate surface area is 124 Å². The third kappa shape index (κ3) is 3.84. The number of carbonyl (C=O) groups excluding carboxylic acids is 1. The van der Waals surface area contributed by atoms with E-state index in [0.29, 0.717) is 13.0 Å². The molecule has 0 aliphatic heterocycles. The number of amides is 1. The second-order valence-electron chi connectivity index (χ2n) is 5.00. The van der Waals surface area contributed by atoms with Crippen LogP contribution >= 0.6 is 0 Å². The highest BCUT2D eigenvalue weighted by atomic mass is 16.5. The van der Waals surface area contributed by atoms with Gasteiger partial charge in [0.1, 0.15) is 5.75 Å². The zero-order chi connectivity index (χ0) is 15.2. The highest BCUT2D eigenvalue weighted by Crippen LogP contribution is 2.17. The number of methoxy groups -OCH3 is 1. The zero-order valence-corrected chi connectivity index (χ0v) is 12.7. The number of ether oxygens (including phenoxy) is 1. The molecule has 0 aliphatic rings. The van der Waals surface area contributed by atoms with Crippen molar-refractivity contribution in [3.05, 3.63) is 46.8 Å². The van der Waals surface area contributed by atoms with E-state index in [1.54, 1.807) is 7.11 Å². The van der Waals surface area contributed by atoms with Crippen molar-refractivity contribution in [3.63, 3.8) is 0 Å². The fourth-order valence-electron chi connectivity index (χ4n) is 2.30. The van der Waals surface area contributed by atoms with Gasteiger partial charge >= 0.3 is 0 Å². The molecule has 0 fully saturated rings. The summed E-state index contributed by atoms with van der Waals surface area (Å²) in [4.78, 5) is 12.0. The standard InChI is InChI=1S/C16H21N3O2/c1-11-14(12(2)19-18-11)10-16(20)17-9-8-13-6-4-5-7-15(13)21-3/h4-7H,8-10H2,1-3H3,(H,17,20)(H,18,19). The number of H-pyrrole nitrogens is 1. The van der Waals surface area contributed by atoms with E-state index >= 15 is 0 Å². The fraction of sp³-hybridized carbons (Fsp3) is 0.375. The molecule has 0 atom stereocenters. The maximum absolute atomic E-state index is 12.0. The molecule has 5 nitrogen and oxygen atoms in total. The van der Waals surface area contributed by atoms with Crippen LogP contribution in [0.25, 0.3) is 0 Å². The number of para-hydroxylation sites is 1. The molecule has 1 aromatic carbocycles. The van der Waals surface area contributed by atoms with Crippen LogP contribution in [0.3, 0.4) is 0 Å². The quantitative estimate of drug-likeness (QED) is 0.853. The molecule has 0 aliphatic carbocycles. The number of nitrogens with one attached hydrogen (secondary N) is 2. The molecule has 0 unspecified atom stereocenters. The molecule has 0 saturated carbocycles. The third-order valence-corrected chi connectivity index (χ3v) is 3.53. The molecule has 2 rings (SSSR count). The Hall–Kier alpha value is -2.30. The summed E-state index contributed by atoms with van der Waals surface area (Å²) in [5.41, 5.74) is 3.90. The topological polar surface area (TPSA) is 67.0 Å². The van der Waals surface area contributed by atoms with Crippen LogP contribution in [0.5, 0.6) is 5.75 Å². The Morgan fingerprint density at radius 1 is 1.33 bits per heavy atom. The van der Waals surface area contributed by atoms with Gasteiger partial charge in [-0.1, -0.05) is 18.2 Å². The summed E-state index contributed by atoms with van der Waals surface area (Å²) in [7, 11) is 1.65. The first kappa shape index (κ1) is 15.1. The lowest BCUT2D eigenvalue weighted by Gasteiger charge is -2.09. The first-order valence-electron chi connectivity index (χ1n) is 7.01. The monoisotopic (exact) mass is 287 g/mol. The minimum absolute atomic E-state index is 0.0116. The Balaban J connectivity index is 1.85. The molecule has 1 heterocycles. The van der Waals surface area contributed by atoms with Crippen molar-refractivity contribution in [2.75, 3.05) is 13.7 Å². The molecule has 0 spiro atoms. The summed E-state index contributed by atoms with van der Waals surface area (Å²) in [6, 6.07) is 7.84. The average molecular weight is 287 g/mol. The van der Waals surface area contributed by atoms with Crippen molar-refractivity contribution < 1.29 is 9.53 Å². The minimum Gasteiger partial charge on any atom is -0.496 e. The number of aromatic amines is 1. The molecule has 5 heteroatoms. The van der Waals surface area contributed by atoms with Crippen LogP contribution < -0.4 is 10.1 Å². The summed E-state index contributed by atoms with van der Waals surface area (Å²) >= 11 is 0. The van der Waals surface area contributed by atoms with E-state index in [0.717, 1.165) is 34.7 Å². The van der Waals surface area contributed by atoms with Crippen LogP contribution in [-0.2, 0) is 17.6 Å². The molecule has 1 aromatic heterocycles. The third-order valence-electron chi connectivity index (χ3n) is 3.53. The average Bonchev–Trinajstić information content (AvgIpc) is 2.79. The molecule has 112 valence electrons. The van der Waals surface area contributed by atoms with Crippen molar-refractivity contribution in [3.8, 4) is 5.75 Å². The molecular weight excluding hydrogens is 266 g/mol. The van der Waals surface area contributed by atoms with Crippen LogP contribution in [0, 0.1) is 13.8 Å². The van der Waals surface area contributed by atoms with Gasteiger partial charge < -0.3 is 10.1 Å². The normalized spacial score (nSPS) is 10.4. The first-order chi connectivity index (χ1) is 10.1. The molecule has 0 bridgehead atoms. The van der Waals surface area contributed by atoms with Crippen LogP contribution in [0.2, 0.25) is 0 Å². The van der Waals surface area contributed by atoms with Gasteiger partial charge in [0.15, 0.2) is 0 Å². The smallest absolute Gasteiger partial charge is 0.224 e. The van der Waals surface area contributed by atoms with E-state index < -0.39 is 0 Å². The maximum atomic E-state index is 12.0. The Morgan fingerprint density at radius 2 is 2.10 bits per heavy atom. The van der Waals surface area contributed by atoms with E-state index in [9.17, 15) is 4.79 Å². The van der Waals surface area contributed by atoms with Crippen LogP contribution in [0.1, 0.15) is 22.5 Å². The molecule has 2 aromatic rings. The van der Waals surface area contributed by atoms with Crippen molar-refractivity contribution in [1.82, 2.24) is 15.5 Å². The molecule has 0 radical (unpaired) electrons. The zero-order valence-electron chi connectivity index (χ0n) is 12.7. The lowest BCUT2D eigenvalue weighted by atomic mass is 10.1. The maximum Gasteiger partial charge on any atom is 0.224 e. The Morgan fingerprint density at radius 3 is 2.76 bits per heavy atom. The second-order valence-corrected chi connectivity index (χ2v) is 5.00.